The molecule has 0 spiro atoms. The maximum Gasteiger partial charge on any atom is 0.407 e. The van der Waals surface area contributed by atoms with Crippen molar-refractivity contribution in [2.45, 2.75) is 52.7 Å². The van der Waals surface area contributed by atoms with Crippen molar-refractivity contribution in [3.8, 4) is 0 Å². The van der Waals surface area contributed by atoms with E-state index in [2.05, 4.69) is 5.32 Å². The Morgan fingerprint density at radius 2 is 1.88 bits per heavy atom. The molecule has 5 heteroatoms. The third-order valence-corrected chi connectivity index (χ3v) is 2.04. The van der Waals surface area contributed by atoms with Gasteiger partial charge in [0, 0.05) is 26.1 Å². The molecule has 0 bridgehead atoms. The van der Waals surface area contributed by atoms with E-state index in [9.17, 15) is 9.59 Å². The van der Waals surface area contributed by atoms with Gasteiger partial charge >= 0.3 is 6.09 Å². The molecule has 0 rings (SSSR count). The van der Waals surface area contributed by atoms with Crippen LogP contribution in [0, 0.1) is 0 Å². The van der Waals surface area contributed by atoms with E-state index in [-0.39, 0.29) is 11.9 Å². The third kappa shape index (κ3) is 7.60. The predicted octanol–water partition coefficient (Wildman–Crippen LogP) is 1.77. The van der Waals surface area contributed by atoms with Crippen LogP contribution in [0.15, 0.2) is 0 Å². The molecule has 0 saturated carbocycles. The Morgan fingerprint density at radius 3 is 2.29 bits per heavy atom. The van der Waals surface area contributed by atoms with Crippen molar-refractivity contribution in [3.05, 3.63) is 0 Å². The number of ether oxygens (including phenoxy) is 1. The lowest BCUT2D eigenvalue weighted by Gasteiger charge is -2.24. The summed E-state index contributed by atoms with van der Waals surface area (Å²) in [6.45, 7) is 9.55. The van der Waals surface area contributed by atoms with Gasteiger partial charge in [-0.1, -0.05) is 6.92 Å². The van der Waals surface area contributed by atoms with Crippen molar-refractivity contribution < 1.29 is 14.3 Å². The van der Waals surface area contributed by atoms with Gasteiger partial charge in [0.1, 0.15) is 5.60 Å². The summed E-state index contributed by atoms with van der Waals surface area (Å²) in [4.78, 5) is 24.4. The average Bonchev–Trinajstić information content (AvgIpc) is 2.12. The summed E-state index contributed by atoms with van der Waals surface area (Å²) < 4.78 is 5.12. The summed E-state index contributed by atoms with van der Waals surface area (Å²) >= 11 is 0. The summed E-state index contributed by atoms with van der Waals surface area (Å²) in [5.41, 5.74) is -0.505. The lowest BCUT2D eigenvalue weighted by atomic mass is 10.2. The van der Waals surface area contributed by atoms with Crippen molar-refractivity contribution >= 4 is 12.0 Å². The minimum atomic E-state index is -0.505. The highest BCUT2D eigenvalue weighted by Gasteiger charge is 2.18. The van der Waals surface area contributed by atoms with Crippen molar-refractivity contribution in [1.82, 2.24) is 10.2 Å². The fourth-order valence-corrected chi connectivity index (χ4v) is 1.34. The third-order valence-electron chi connectivity index (χ3n) is 2.04. The van der Waals surface area contributed by atoms with Crippen molar-refractivity contribution in [1.29, 1.82) is 0 Å². The highest BCUT2D eigenvalue weighted by atomic mass is 16.6. The number of nitrogens with zero attached hydrogens (tertiary/aromatic N) is 1. The van der Waals surface area contributed by atoms with Gasteiger partial charge in [-0.3, -0.25) is 4.79 Å². The number of nitrogens with one attached hydrogen (secondary N) is 1. The molecule has 0 aromatic heterocycles. The Balaban J connectivity index is 4.06. The SMILES string of the molecule is CCC(=O)N(C)C[C@H](C)NC(=O)OC(C)(C)C. The predicted molar refractivity (Wildman–Crippen MR) is 66.8 cm³/mol. The van der Waals surface area contributed by atoms with Gasteiger partial charge in [0.05, 0.1) is 0 Å². The van der Waals surface area contributed by atoms with Crippen LogP contribution in [0.1, 0.15) is 41.0 Å². The van der Waals surface area contributed by atoms with Gasteiger partial charge in [0.15, 0.2) is 0 Å². The summed E-state index contributed by atoms with van der Waals surface area (Å²) in [7, 11) is 1.72. The van der Waals surface area contributed by atoms with E-state index in [1.807, 2.05) is 34.6 Å². The number of amides is 2. The monoisotopic (exact) mass is 244 g/mol. The average molecular weight is 244 g/mol. The van der Waals surface area contributed by atoms with Crippen LogP contribution >= 0.6 is 0 Å². The summed E-state index contributed by atoms with van der Waals surface area (Å²) in [5, 5.41) is 2.69. The molecule has 2 amide bonds. The minimum Gasteiger partial charge on any atom is -0.444 e. The molecule has 0 aliphatic heterocycles. The molecule has 0 fully saturated rings. The van der Waals surface area contributed by atoms with E-state index in [0.29, 0.717) is 13.0 Å². The van der Waals surface area contributed by atoms with Crippen LogP contribution in [0.3, 0.4) is 0 Å². The van der Waals surface area contributed by atoms with Crippen LogP contribution in [0.2, 0.25) is 0 Å². The van der Waals surface area contributed by atoms with Gasteiger partial charge in [0.2, 0.25) is 5.91 Å². The zero-order chi connectivity index (χ0) is 13.6. The maximum atomic E-state index is 11.5. The highest BCUT2D eigenvalue weighted by molar-refractivity contribution is 5.75. The van der Waals surface area contributed by atoms with Crippen molar-refractivity contribution in [3.63, 3.8) is 0 Å². The van der Waals surface area contributed by atoms with Crippen LogP contribution < -0.4 is 5.32 Å². The first-order valence-corrected chi connectivity index (χ1v) is 5.89. The van der Waals surface area contributed by atoms with E-state index >= 15 is 0 Å². The van der Waals surface area contributed by atoms with Gasteiger partial charge in [-0.05, 0) is 27.7 Å². The second-order valence-corrected chi connectivity index (χ2v) is 5.18. The molecule has 5 nitrogen and oxygen atoms in total. The molecular formula is C12H24N2O3. The Bertz CT molecular complexity index is 271. The molecule has 0 aromatic rings. The fourth-order valence-electron chi connectivity index (χ4n) is 1.34. The number of hydrogen-bond donors (Lipinski definition) is 1. The molecule has 0 radical (unpaired) electrons. The van der Waals surface area contributed by atoms with Gasteiger partial charge in [-0.25, -0.2) is 4.79 Å². The van der Waals surface area contributed by atoms with E-state index in [4.69, 9.17) is 4.74 Å². The zero-order valence-corrected chi connectivity index (χ0v) is 11.7. The first-order valence-electron chi connectivity index (χ1n) is 5.89. The molecule has 17 heavy (non-hydrogen) atoms. The number of carbonyl (C=O) groups is 2. The lowest BCUT2D eigenvalue weighted by molar-refractivity contribution is -0.129. The first-order chi connectivity index (χ1) is 7.65. The molecule has 1 atom stereocenters. The summed E-state index contributed by atoms with van der Waals surface area (Å²) in [6, 6.07) is -0.134. The largest absolute Gasteiger partial charge is 0.444 e. The van der Waals surface area contributed by atoms with E-state index in [1.165, 1.54) is 0 Å². The number of hydrogen-bond acceptors (Lipinski definition) is 3. The quantitative estimate of drug-likeness (QED) is 0.820. The zero-order valence-electron chi connectivity index (χ0n) is 11.7. The Labute approximate surface area is 103 Å². The molecule has 1 N–H and O–H groups in total. The Morgan fingerprint density at radius 1 is 1.35 bits per heavy atom. The van der Waals surface area contributed by atoms with Crippen LogP contribution in [0.4, 0.5) is 4.79 Å². The van der Waals surface area contributed by atoms with E-state index in [1.54, 1.807) is 11.9 Å². The number of rotatable bonds is 4. The number of likely N-dealkylation sites (N-methyl/N-ethyl adjacent to an activating group) is 1. The second kappa shape index (κ2) is 6.47. The molecule has 0 saturated heterocycles. The summed E-state index contributed by atoms with van der Waals surface area (Å²) in [6.07, 6.45) is 0.0118. The Kier molecular flexibility index (Phi) is 5.99. The molecule has 0 heterocycles. The van der Waals surface area contributed by atoms with Gasteiger partial charge < -0.3 is 15.0 Å². The molecule has 0 aliphatic carbocycles. The standard InChI is InChI=1S/C12H24N2O3/c1-7-10(15)14(6)8-9(2)13-11(16)17-12(3,4)5/h9H,7-8H2,1-6H3,(H,13,16)/t9-/m0/s1. The molecule has 0 aromatic carbocycles. The number of alkyl carbamates (subject to hydrolysis) is 1. The summed E-state index contributed by atoms with van der Waals surface area (Å²) in [5.74, 6) is 0.0582. The normalized spacial score (nSPS) is 12.8. The van der Waals surface area contributed by atoms with E-state index < -0.39 is 11.7 Å². The van der Waals surface area contributed by atoms with Gasteiger partial charge in [-0.15, -0.1) is 0 Å². The van der Waals surface area contributed by atoms with E-state index in [0.717, 1.165) is 0 Å². The topological polar surface area (TPSA) is 58.6 Å². The first kappa shape index (κ1) is 15.7. The fraction of sp³-hybridized carbons (Fsp3) is 0.833. The van der Waals surface area contributed by atoms with Crippen molar-refractivity contribution in [2.75, 3.05) is 13.6 Å². The maximum absolute atomic E-state index is 11.5. The number of carbonyl (C=O) groups excluding carboxylic acids is 2. The highest BCUT2D eigenvalue weighted by Crippen LogP contribution is 2.06. The second-order valence-electron chi connectivity index (χ2n) is 5.18. The van der Waals surface area contributed by atoms with Gasteiger partial charge in [-0.2, -0.15) is 0 Å². The van der Waals surface area contributed by atoms with Crippen LogP contribution in [-0.2, 0) is 9.53 Å². The molecule has 100 valence electrons. The van der Waals surface area contributed by atoms with Crippen LogP contribution in [0.25, 0.3) is 0 Å². The molecule has 0 unspecified atom stereocenters. The minimum absolute atomic E-state index is 0.0582. The Hall–Kier alpha value is -1.26. The smallest absolute Gasteiger partial charge is 0.407 e. The van der Waals surface area contributed by atoms with Crippen LogP contribution in [0.5, 0.6) is 0 Å². The molecule has 0 aliphatic rings. The van der Waals surface area contributed by atoms with Gasteiger partial charge in [0.25, 0.3) is 0 Å². The molecular weight excluding hydrogens is 220 g/mol. The lowest BCUT2D eigenvalue weighted by Crippen LogP contribution is -2.44. The van der Waals surface area contributed by atoms with Crippen molar-refractivity contribution in [2.24, 2.45) is 0 Å². The van der Waals surface area contributed by atoms with Crippen LogP contribution in [-0.4, -0.2) is 42.1 Å².